The van der Waals surface area contributed by atoms with Crippen molar-refractivity contribution in [2.24, 2.45) is 11.3 Å². The number of nitrogens with one attached hydrogen (secondary N) is 2. The summed E-state index contributed by atoms with van der Waals surface area (Å²) >= 11 is 0. The van der Waals surface area contributed by atoms with Crippen molar-refractivity contribution in [2.75, 3.05) is 17.3 Å². The molecule has 1 aliphatic carbocycles. The lowest BCUT2D eigenvalue weighted by molar-refractivity contribution is -0.141. The van der Waals surface area contributed by atoms with E-state index in [0.717, 1.165) is 31.7 Å². The Hall–Kier alpha value is -1.57. The molecule has 1 fully saturated rings. The highest BCUT2D eigenvalue weighted by atomic mass is 19.4. The zero-order valence-electron chi connectivity index (χ0n) is 11.9. The largest absolute Gasteiger partial charge is 0.433 e. The van der Waals surface area contributed by atoms with Gasteiger partial charge in [0, 0.05) is 12.6 Å². The van der Waals surface area contributed by atoms with Crippen molar-refractivity contribution in [3.05, 3.63) is 11.8 Å². The lowest BCUT2D eigenvalue weighted by Gasteiger charge is -2.33. The normalized spacial score (nSPS) is 18.3. The smallest absolute Gasteiger partial charge is 0.369 e. The summed E-state index contributed by atoms with van der Waals surface area (Å²) < 4.78 is 38.3. The summed E-state index contributed by atoms with van der Waals surface area (Å²) in [4.78, 5) is 7.25. The van der Waals surface area contributed by atoms with Crippen LogP contribution < -0.4 is 16.6 Å². The quantitative estimate of drug-likeness (QED) is 0.588. The molecule has 0 aromatic carbocycles. The van der Waals surface area contributed by atoms with Crippen LogP contribution in [0.1, 0.15) is 44.7 Å². The Balaban J connectivity index is 2.12. The van der Waals surface area contributed by atoms with Crippen LogP contribution in [0.25, 0.3) is 0 Å². The van der Waals surface area contributed by atoms with E-state index in [4.69, 9.17) is 5.84 Å². The van der Waals surface area contributed by atoms with E-state index >= 15 is 0 Å². The maximum atomic E-state index is 12.8. The molecular formula is C13H20F3N5. The number of halogens is 3. The Morgan fingerprint density at radius 1 is 1.24 bits per heavy atom. The number of alkyl halides is 3. The van der Waals surface area contributed by atoms with Crippen LogP contribution in [-0.4, -0.2) is 16.5 Å². The molecule has 0 aliphatic heterocycles. The lowest BCUT2D eigenvalue weighted by atomic mass is 9.76. The van der Waals surface area contributed by atoms with Crippen LogP contribution in [0.5, 0.6) is 0 Å². The number of nitrogens with two attached hydrogens (primary N) is 1. The van der Waals surface area contributed by atoms with Gasteiger partial charge < -0.3 is 5.32 Å². The first-order valence-corrected chi connectivity index (χ1v) is 6.99. The molecule has 4 N–H and O–H groups in total. The fourth-order valence-electron chi connectivity index (χ4n) is 2.63. The number of anilines is 2. The van der Waals surface area contributed by atoms with E-state index in [1.807, 2.05) is 0 Å². The molecule has 1 aromatic rings. The summed E-state index contributed by atoms with van der Waals surface area (Å²) in [6, 6.07) is 0.910. The van der Waals surface area contributed by atoms with Gasteiger partial charge in [-0.3, -0.25) is 5.43 Å². The van der Waals surface area contributed by atoms with Crippen molar-refractivity contribution < 1.29 is 13.2 Å². The number of hydrazine groups is 1. The summed E-state index contributed by atoms with van der Waals surface area (Å²) in [5.74, 6) is 5.01. The lowest BCUT2D eigenvalue weighted by Crippen LogP contribution is -2.29. The number of nitrogen functional groups attached to an aromatic ring is 1. The standard InChI is InChI=1S/C13H20F3N5/c1-12(5-3-2-4-6-12)8-18-10-7-9(13(14,15)16)19-11(20-10)21-17/h7H,2-6,8,17H2,1H3,(H2,18,19,20,21). The molecule has 5 nitrogen and oxygen atoms in total. The molecule has 118 valence electrons. The van der Waals surface area contributed by atoms with E-state index in [-0.39, 0.29) is 17.2 Å². The second-order valence-corrected chi connectivity index (χ2v) is 5.83. The SMILES string of the molecule is CC1(CNc2cc(C(F)(F)F)nc(NN)n2)CCCCC1. The summed E-state index contributed by atoms with van der Waals surface area (Å²) in [6.07, 6.45) is 1.15. The highest BCUT2D eigenvalue weighted by Crippen LogP contribution is 2.36. The highest BCUT2D eigenvalue weighted by molar-refractivity contribution is 5.42. The van der Waals surface area contributed by atoms with Crippen LogP contribution in [0.2, 0.25) is 0 Å². The molecular weight excluding hydrogens is 283 g/mol. The molecule has 8 heteroatoms. The first-order chi connectivity index (χ1) is 9.82. The van der Waals surface area contributed by atoms with Crippen molar-refractivity contribution in [1.82, 2.24) is 9.97 Å². The molecule has 1 saturated carbocycles. The number of aromatic nitrogens is 2. The number of nitrogens with zero attached hydrogens (tertiary/aromatic N) is 2. The van der Waals surface area contributed by atoms with Gasteiger partial charge in [-0.25, -0.2) is 10.8 Å². The second-order valence-electron chi connectivity index (χ2n) is 5.83. The molecule has 0 amide bonds. The zero-order valence-corrected chi connectivity index (χ0v) is 11.9. The van der Waals surface area contributed by atoms with Crippen molar-refractivity contribution in [3.8, 4) is 0 Å². The minimum absolute atomic E-state index is 0.0951. The van der Waals surface area contributed by atoms with E-state index in [1.165, 1.54) is 6.42 Å². The maximum absolute atomic E-state index is 12.8. The minimum atomic E-state index is -4.53. The number of rotatable bonds is 4. The molecule has 1 heterocycles. The molecule has 0 atom stereocenters. The summed E-state index contributed by atoms with van der Waals surface area (Å²) in [7, 11) is 0. The van der Waals surface area contributed by atoms with E-state index in [0.29, 0.717) is 6.54 Å². The topological polar surface area (TPSA) is 75.9 Å². The van der Waals surface area contributed by atoms with E-state index in [9.17, 15) is 13.2 Å². The van der Waals surface area contributed by atoms with Crippen LogP contribution in [0.15, 0.2) is 6.07 Å². The van der Waals surface area contributed by atoms with Crippen molar-refractivity contribution in [1.29, 1.82) is 0 Å². The second kappa shape index (κ2) is 6.05. The predicted molar refractivity (Wildman–Crippen MR) is 74.5 cm³/mol. The van der Waals surface area contributed by atoms with Gasteiger partial charge >= 0.3 is 6.18 Å². The van der Waals surface area contributed by atoms with Crippen LogP contribution in [-0.2, 0) is 6.18 Å². The van der Waals surface area contributed by atoms with Crippen LogP contribution in [0, 0.1) is 5.41 Å². The zero-order chi connectivity index (χ0) is 15.5. The first-order valence-electron chi connectivity index (χ1n) is 6.99. The van der Waals surface area contributed by atoms with Crippen LogP contribution in [0.3, 0.4) is 0 Å². The minimum Gasteiger partial charge on any atom is -0.369 e. The Morgan fingerprint density at radius 3 is 2.48 bits per heavy atom. The van der Waals surface area contributed by atoms with Gasteiger partial charge in [0.15, 0.2) is 5.69 Å². The highest BCUT2D eigenvalue weighted by Gasteiger charge is 2.34. The van der Waals surface area contributed by atoms with Gasteiger partial charge in [-0.1, -0.05) is 26.2 Å². The molecule has 0 unspecified atom stereocenters. The van der Waals surface area contributed by atoms with E-state index < -0.39 is 11.9 Å². The number of hydrogen-bond acceptors (Lipinski definition) is 5. The fourth-order valence-corrected chi connectivity index (χ4v) is 2.63. The van der Waals surface area contributed by atoms with Crippen LogP contribution >= 0.6 is 0 Å². The third-order valence-electron chi connectivity index (χ3n) is 3.90. The predicted octanol–water partition coefficient (Wildman–Crippen LogP) is 3.16. The molecule has 0 saturated heterocycles. The van der Waals surface area contributed by atoms with Gasteiger partial charge in [0.2, 0.25) is 5.95 Å². The maximum Gasteiger partial charge on any atom is 0.433 e. The average molecular weight is 303 g/mol. The van der Waals surface area contributed by atoms with E-state index in [2.05, 4.69) is 27.6 Å². The Morgan fingerprint density at radius 2 is 1.90 bits per heavy atom. The van der Waals surface area contributed by atoms with Crippen LogP contribution in [0.4, 0.5) is 24.9 Å². The molecule has 1 aliphatic rings. The first kappa shape index (κ1) is 15.8. The summed E-state index contributed by atoms with van der Waals surface area (Å²) in [6.45, 7) is 2.73. The summed E-state index contributed by atoms with van der Waals surface area (Å²) in [5.41, 5.74) is 1.15. The van der Waals surface area contributed by atoms with Crippen molar-refractivity contribution in [3.63, 3.8) is 0 Å². The van der Waals surface area contributed by atoms with Gasteiger partial charge in [-0.2, -0.15) is 18.2 Å². The Labute approximate surface area is 121 Å². The molecule has 1 aromatic heterocycles. The van der Waals surface area contributed by atoms with Gasteiger partial charge in [0.05, 0.1) is 0 Å². The van der Waals surface area contributed by atoms with Gasteiger partial charge in [-0.05, 0) is 18.3 Å². The summed E-state index contributed by atoms with van der Waals surface area (Å²) in [5, 5.41) is 3.00. The molecule has 0 radical (unpaired) electrons. The molecule has 0 spiro atoms. The van der Waals surface area contributed by atoms with Gasteiger partial charge in [0.25, 0.3) is 0 Å². The van der Waals surface area contributed by atoms with Gasteiger partial charge in [-0.15, -0.1) is 0 Å². The van der Waals surface area contributed by atoms with Gasteiger partial charge in [0.1, 0.15) is 5.82 Å². The monoisotopic (exact) mass is 303 g/mol. The number of hydrogen-bond donors (Lipinski definition) is 3. The average Bonchev–Trinajstić information content (AvgIpc) is 2.45. The molecule has 21 heavy (non-hydrogen) atoms. The Bertz CT molecular complexity index is 483. The molecule has 2 rings (SSSR count). The molecule has 0 bridgehead atoms. The van der Waals surface area contributed by atoms with Crippen molar-refractivity contribution >= 4 is 11.8 Å². The van der Waals surface area contributed by atoms with E-state index in [1.54, 1.807) is 0 Å². The van der Waals surface area contributed by atoms with Crippen molar-refractivity contribution in [2.45, 2.75) is 45.2 Å². The fraction of sp³-hybridized carbons (Fsp3) is 0.692. The third kappa shape index (κ3) is 4.20. The Kier molecular flexibility index (Phi) is 4.55. The third-order valence-corrected chi connectivity index (χ3v) is 3.90.